The summed E-state index contributed by atoms with van der Waals surface area (Å²) in [5, 5.41) is 17.8. The average molecular weight is 175 g/mol. The van der Waals surface area contributed by atoms with E-state index in [0.29, 0.717) is 5.69 Å². The number of hydrogen-bond donors (Lipinski definition) is 2. The molecule has 0 saturated carbocycles. The van der Waals surface area contributed by atoms with Crippen molar-refractivity contribution in [1.29, 1.82) is 0 Å². The first-order valence-corrected chi connectivity index (χ1v) is 3.92. The molecule has 0 amide bonds. The molecule has 0 fully saturated rings. The molecule has 0 bridgehead atoms. The first-order valence-electron chi connectivity index (χ1n) is 3.92. The zero-order chi connectivity index (χ0) is 9.26. The van der Waals surface area contributed by atoms with E-state index in [2.05, 4.69) is 15.2 Å². The van der Waals surface area contributed by atoms with Gasteiger partial charge in [0.1, 0.15) is 0 Å². The van der Waals surface area contributed by atoms with E-state index >= 15 is 0 Å². The molecule has 0 aliphatic carbocycles. The highest BCUT2D eigenvalue weighted by Crippen LogP contribution is 2.34. The lowest BCUT2D eigenvalue weighted by Gasteiger charge is -1.88. The van der Waals surface area contributed by atoms with Gasteiger partial charge in [0.15, 0.2) is 5.69 Å². The van der Waals surface area contributed by atoms with Gasteiger partial charge >= 0.3 is 0 Å². The van der Waals surface area contributed by atoms with Gasteiger partial charge in [-0.25, -0.2) is 0 Å². The zero-order valence-electron chi connectivity index (χ0n) is 7.15. The molecule has 1 aromatic carbocycles. The number of hydrogen-bond acceptors (Lipinski definition) is 3. The molecule has 1 heterocycles. The van der Waals surface area contributed by atoms with E-state index < -0.39 is 0 Å². The van der Waals surface area contributed by atoms with Crippen molar-refractivity contribution in [2.24, 2.45) is 10.2 Å². The number of H-pyrrole nitrogens is 1. The molecule has 2 N–H and O–H groups in total. The zero-order valence-corrected chi connectivity index (χ0v) is 7.15. The highest BCUT2D eigenvalue weighted by atomic mass is 16.3. The van der Waals surface area contributed by atoms with Crippen LogP contribution in [0.3, 0.4) is 0 Å². The van der Waals surface area contributed by atoms with Crippen LogP contribution in [-0.4, -0.2) is 17.1 Å². The smallest absolute Gasteiger partial charge is 0.218 e. The Bertz CT molecular complexity index is 459. The fourth-order valence-corrected chi connectivity index (χ4v) is 1.31. The van der Waals surface area contributed by atoms with Crippen LogP contribution in [0.4, 0.5) is 5.69 Å². The Morgan fingerprint density at radius 2 is 2.08 bits per heavy atom. The van der Waals surface area contributed by atoms with E-state index in [1.54, 1.807) is 7.05 Å². The van der Waals surface area contributed by atoms with Crippen molar-refractivity contribution in [1.82, 2.24) is 4.98 Å². The number of aromatic hydroxyl groups is 1. The summed E-state index contributed by atoms with van der Waals surface area (Å²) in [7, 11) is 1.57. The third-order valence-electron chi connectivity index (χ3n) is 1.86. The Balaban J connectivity index is 2.78. The molecule has 13 heavy (non-hydrogen) atoms. The molecule has 2 rings (SSSR count). The number of benzene rings is 1. The largest absolute Gasteiger partial charge is 0.493 e. The monoisotopic (exact) mass is 175 g/mol. The standard InChI is InChI=1S/C9H9N3O/c1-10-12-8-6-4-2-3-5-7(6)11-9(8)13/h2-5,11,13H,1H3. The van der Waals surface area contributed by atoms with Crippen LogP contribution < -0.4 is 0 Å². The number of para-hydroxylation sites is 1. The third kappa shape index (κ3) is 1.16. The summed E-state index contributed by atoms with van der Waals surface area (Å²) >= 11 is 0. The number of nitrogens with zero attached hydrogens (tertiary/aromatic N) is 2. The van der Waals surface area contributed by atoms with Crippen molar-refractivity contribution in [2.45, 2.75) is 0 Å². The van der Waals surface area contributed by atoms with Crippen LogP contribution in [0.15, 0.2) is 34.5 Å². The molecule has 0 unspecified atom stereocenters. The summed E-state index contributed by atoms with van der Waals surface area (Å²) in [5.74, 6) is 0.0619. The molecule has 0 radical (unpaired) electrons. The van der Waals surface area contributed by atoms with Gasteiger partial charge in [-0.2, -0.15) is 5.11 Å². The van der Waals surface area contributed by atoms with Crippen molar-refractivity contribution in [2.75, 3.05) is 7.05 Å². The number of fused-ring (bicyclic) bond motifs is 1. The molecular weight excluding hydrogens is 166 g/mol. The van der Waals surface area contributed by atoms with Crippen LogP contribution in [0.1, 0.15) is 0 Å². The van der Waals surface area contributed by atoms with Gasteiger partial charge < -0.3 is 10.1 Å². The van der Waals surface area contributed by atoms with E-state index in [9.17, 15) is 5.11 Å². The normalized spacial score (nSPS) is 11.5. The fraction of sp³-hybridized carbons (Fsp3) is 0.111. The molecule has 0 atom stereocenters. The van der Waals surface area contributed by atoms with Crippen molar-refractivity contribution in [3.05, 3.63) is 24.3 Å². The number of aromatic nitrogens is 1. The second-order valence-corrected chi connectivity index (χ2v) is 2.67. The minimum Gasteiger partial charge on any atom is -0.493 e. The summed E-state index contributed by atoms with van der Waals surface area (Å²) in [4.78, 5) is 2.81. The Morgan fingerprint density at radius 1 is 1.31 bits per heavy atom. The first-order chi connectivity index (χ1) is 6.33. The summed E-state index contributed by atoms with van der Waals surface area (Å²) in [6, 6.07) is 7.55. The lowest BCUT2D eigenvalue weighted by molar-refractivity contribution is 0.459. The van der Waals surface area contributed by atoms with E-state index in [1.807, 2.05) is 24.3 Å². The highest BCUT2D eigenvalue weighted by molar-refractivity contribution is 5.93. The van der Waals surface area contributed by atoms with Crippen LogP contribution in [0, 0.1) is 0 Å². The van der Waals surface area contributed by atoms with Crippen LogP contribution in [-0.2, 0) is 0 Å². The minimum absolute atomic E-state index is 0.0619. The van der Waals surface area contributed by atoms with Gasteiger partial charge in [0.2, 0.25) is 5.88 Å². The molecule has 4 nitrogen and oxygen atoms in total. The van der Waals surface area contributed by atoms with Crippen LogP contribution in [0.2, 0.25) is 0 Å². The van der Waals surface area contributed by atoms with Crippen molar-refractivity contribution < 1.29 is 5.11 Å². The van der Waals surface area contributed by atoms with Gasteiger partial charge in [-0.05, 0) is 6.07 Å². The molecule has 0 aliphatic rings. The number of azo groups is 1. The predicted octanol–water partition coefficient (Wildman–Crippen LogP) is 2.59. The van der Waals surface area contributed by atoms with Gasteiger partial charge in [0, 0.05) is 12.4 Å². The summed E-state index contributed by atoms with van der Waals surface area (Å²) in [6.45, 7) is 0. The molecule has 0 spiro atoms. The van der Waals surface area contributed by atoms with Crippen molar-refractivity contribution in [3.8, 4) is 5.88 Å². The maximum Gasteiger partial charge on any atom is 0.218 e. The van der Waals surface area contributed by atoms with Gasteiger partial charge in [0.05, 0.1) is 5.52 Å². The van der Waals surface area contributed by atoms with Crippen molar-refractivity contribution in [3.63, 3.8) is 0 Å². The van der Waals surface area contributed by atoms with Crippen LogP contribution in [0.25, 0.3) is 10.9 Å². The molecule has 2 aromatic rings. The summed E-state index contributed by atoms with van der Waals surface area (Å²) in [5.41, 5.74) is 1.36. The van der Waals surface area contributed by atoms with Crippen LogP contribution >= 0.6 is 0 Å². The Hall–Kier alpha value is -1.84. The van der Waals surface area contributed by atoms with Gasteiger partial charge in [0.25, 0.3) is 0 Å². The number of aromatic amines is 1. The molecule has 0 aliphatic heterocycles. The predicted molar refractivity (Wildman–Crippen MR) is 50.4 cm³/mol. The molecule has 66 valence electrons. The number of rotatable bonds is 1. The Kier molecular flexibility index (Phi) is 1.73. The number of nitrogens with one attached hydrogen (secondary N) is 1. The van der Waals surface area contributed by atoms with Gasteiger partial charge in [-0.1, -0.05) is 18.2 Å². The molecule has 4 heteroatoms. The maximum absolute atomic E-state index is 9.46. The third-order valence-corrected chi connectivity index (χ3v) is 1.86. The Labute approximate surface area is 74.9 Å². The first kappa shape index (κ1) is 7.79. The van der Waals surface area contributed by atoms with E-state index in [1.165, 1.54) is 0 Å². The highest BCUT2D eigenvalue weighted by Gasteiger charge is 2.08. The van der Waals surface area contributed by atoms with E-state index in [-0.39, 0.29) is 5.88 Å². The minimum atomic E-state index is 0.0619. The second-order valence-electron chi connectivity index (χ2n) is 2.67. The molecule has 0 saturated heterocycles. The topological polar surface area (TPSA) is 60.7 Å². The fourth-order valence-electron chi connectivity index (χ4n) is 1.31. The van der Waals surface area contributed by atoms with E-state index in [0.717, 1.165) is 10.9 Å². The maximum atomic E-state index is 9.46. The van der Waals surface area contributed by atoms with Crippen molar-refractivity contribution >= 4 is 16.6 Å². The van der Waals surface area contributed by atoms with Crippen LogP contribution in [0.5, 0.6) is 5.88 Å². The van der Waals surface area contributed by atoms with Gasteiger partial charge in [-0.15, -0.1) is 5.11 Å². The second kappa shape index (κ2) is 2.90. The lowest BCUT2D eigenvalue weighted by Crippen LogP contribution is -1.63. The molecular formula is C9H9N3O. The molecule has 1 aromatic heterocycles. The Morgan fingerprint density at radius 3 is 2.85 bits per heavy atom. The van der Waals surface area contributed by atoms with Gasteiger partial charge in [-0.3, -0.25) is 0 Å². The summed E-state index contributed by atoms with van der Waals surface area (Å²) < 4.78 is 0. The lowest BCUT2D eigenvalue weighted by atomic mass is 10.2. The summed E-state index contributed by atoms with van der Waals surface area (Å²) in [6.07, 6.45) is 0. The quantitative estimate of drug-likeness (QED) is 0.643. The SMILES string of the molecule is CN=Nc1c(O)[nH]c2ccccc12. The average Bonchev–Trinajstić information content (AvgIpc) is 2.44. The van der Waals surface area contributed by atoms with E-state index in [4.69, 9.17) is 0 Å².